The van der Waals surface area contributed by atoms with Crippen LogP contribution in [-0.2, 0) is 0 Å². The van der Waals surface area contributed by atoms with Crippen LogP contribution >= 0.6 is 12.2 Å². The van der Waals surface area contributed by atoms with Crippen LogP contribution in [-0.4, -0.2) is 10.7 Å². The Morgan fingerprint density at radius 2 is 1.85 bits per heavy atom. The van der Waals surface area contributed by atoms with Crippen LogP contribution in [0.25, 0.3) is 0 Å². The predicted molar refractivity (Wildman–Crippen MR) is 113 cm³/mol. The second-order valence-corrected chi connectivity index (χ2v) is 8.44. The van der Waals surface area contributed by atoms with Gasteiger partial charge < -0.3 is 15.4 Å². The normalized spacial score (nSPS) is 18.0. The molecule has 1 heterocycles. The van der Waals surface area contributed by atoms with E-state index in [0.29, 0.717) is 11.0 Å². The molecule has 0 spiro atoms. The minimum Gasteiger partial charge on any atom is -0.487 e. The highest BCUT2D eigenvalue weighted by atomic mass is 32.1. The van der Waals surface area contributed by atoms with Gasteiger partial charge in [0.15, 0.2) is 5.11 Å². The quantitative estimate of drug-likeness (QED) is 0.680. The molecule has 0 fully saturated rings. The minimum atomic E-state index is -0.229. The summed E-state index contributed by atoms with van der Waals surface area (Å²) in [6, 6.07) is 14.9. The summed E-state index contributed by atoms with van der Waals surface area (Å²) >= 11 is 5.57. The fourth-order valence-corrected chi connectivity index (χ4v) is 3.62. The van der Waals surface area contributed by atoms with Crippen molar-refractivity contribution in [2.24, 2.45) is 0 Å². The van der Waals surface area contributed by atoms with Crippen molar-refractivity contribution >= 4 is 23.0 Å². The van der Waals surface area contributed by atoms with Gasteiger partial charge in [0.1, 0.15) is 11.4 Å². The smallest absolute Gasteiger partial charge is 0.171 e. The maximum Gasteiger partial charge on any atom is 0.171 e. The molecule has 3 rings (SSSR count). The Bertz CT molecular complexity index is 796. The van der Waals surface area contributed by atoms with E-state index in [-0.39, 0.29) is 11.6 Å². The third kappa shape index (κ3) is 4.36. The number of hydrogen-bond donors (Lipinski definition) is 2. The van der Waals surface area contributed by atoms with Crippen molar-refractivity contribution in [1.29, 1.82) is 0 Å². The van der Waals surface area contributed by atoms with E-state index in [0.717, 1.165) is 23.4 Å². The first-order valence-electron chi connectivity index (χ1n) is 9.20. The van der Waals surface area contributed by atoms with Crippen LogP contribution in [0.2, 0.25) is 0 Å². The van der Waals surface area contributed by atoms with Crippen molar-refractivity contribution < 1.29 is 4.74 Å². The molecule has 0 bridgehead atoms. The summed E-state index contributed by atoms with van der Waals surface area (Å²) in [5.74, 6) is 1.47. The highest BCUT2D eigenvalue weighted by Gasteiger charge is 2.34. The number of ether oxygens (including phenoxy) is 1. The van der Waals surface area contributed by atoms with Crippen molar-refractivity contribution in [2.75, 3.05) is 5.32 Å². The number of nitrogens with one attached hydrogen (secondary N) is 2. The van der Waals surface area contributed by atoms with Crippen molar-refractivity contribution in [1.82, 2.24) is 5.32 Å². The SMILES string of the molecule is Cc1ccc2c(c1)OC(C)(C)CC2NC(=S)Nc1ccc(C(C)C)cc1. The van der Waals surface area contributed by atoms with Gasteiger partial charge in [-0.25, -0.2) is 0 Å². The third-order valence-electron chi connectivity index (χ3n) is 4.77. The number of rotatable bonds is 3. The molecule has 0 amide bonds. The Hall–Kier alpha value is -2.07. The summed E-state index contributed by atoms with van der Waals surface area (Å²) in [7, 11) is 0. The Morgan fingerprint density at radius 1 is 1.15 bits per heavy atom. The zero-order valence-corrected chi connectivity index (χ0v) is 17.0. The second-order valence-electron chi connectivity index (χ2n) is 8.03. The fourth-order valence-electron chi connectivity index (χ4n) is 3.36. The summed E-state index contributed by atoms with van der Waals surface area (Å²) in [6.07, 6.45) is 0.858. The first kappa shape index (κ1) is 18.7. The van der Waals surface area contributed by atoms with Crippen molar-refractivity contribution in [3.05, 3.63) is 59.2 Å². The second kappa shape index (κ2) is 7.28. The van der Waals surface area contributed by atoms with Crippen LogP contribution < -0.4 is 15.4 Å². The molecular formula is C22H28N2OS. The first-order valence-corrected chi connectivity index (χ1v) is 9.61. The Labute approximate surface area is 162 Å². The van der Waals surface area contributed by atoms with Crippen LogP contribution in [0.4, 0.5) is 5.69 Å². The third-order valence-corrected chi connectivity index (χ3v) is 4.99. The number of hydrogen-bond acceptors (Lipinski definition) is 2. The largest absolute Gasteiger partial charge is 0.487 e. The average molecular weight is 369 g/mol. The van der Waals surface area contributed by atoms with Gasteiger partial charge in [-0.3, -0.25) is 0 Å². The summed E-state index contributed by atoms with van der Waals surface area (Å²) in [5, 5.41) is 7.42. The van der Waals surface area contributed by atoms with Gasteiger partial charge in [0.2, 0.25) is 0 Å². The molecule has 1 atom stereocenters. The van der Waals surface area contributed by atoms with E-state index in [4.69, 9.17) is 17.0 Å². The average Bonchev–Trinajstić information content (AvgIpc) is 2.53. The lowest BCUT2D eigenvalue weighted by atomic mass is 9.89. The summed E-state index contributed by atoms with van der Waals surface area (Å²) in [4.78, 5) is 0. The molecule has 2 aromatic rings. The monoisotopic (exact) mass is 368 g/mol. The zero-order chi connectivity index (χ0) is 18.9. The van der Waals surface area contributed by atoms with E-state index >= 15 is 0 Å². The molecule has 138 valence electrons. The summed E-state index contributed by atoms with van der Waals surface area (Å²) in [6.45, 7) is 10.7. The lowest BCUT2D eigenvalue weighted by Gasteiger charge is -2.38. The molecular weight excluding hydrogens is 340 g/mol. The molecule has 3 nitrogen and oxygen atoms in total. The van der Waals surface area contributed by atoms with E-state index in [1.54, 1.807) is 0 Å². The first-order chi connectivity index (χ1) is 12.2. The Balaban J connectivity index is 1.72. The topological polar surface area (TPSA) is 33.3 Å². The van der Waals surface area contributed by atoms with Crippen LogP contribution in [0.15, 0.2) is 42.5 Å². The van der Waals surface area contributed by atoms with Crippen LogP contribution in [0, 0.1) is 6.92 Å². The van der Waals surface area contributed by atoms with Crippen molar-refractivity contribution in [3.63, 3.8) is 0 Å². The van der Waals surface area contributed by atoms with Gasteiger partial charge in [0, 0.05) is 17.7 Å². The Kier molecular flexibility index (Phi) is 5.24. The van der Waals surface area contributed by atoms with Gasteiger partial charge in [-0.1, -0.05) is 38.1 Å². The van der Waals surface area contributed by atoms with E-state index in [9.17, 15) is 0 Å². The molecule has 0 radical (unpaired) electrons. The van der Waals surface area contributed by atoms with Crippen LogP contribution in [0.5, 0.6) is 5.75 Å². The Morgan fingerprint density at radius 3 is 2.50 bits per heavy atom. The lowest BCUT2D eigenvalue weighted by molar-refractivity contribution is 0.0696. The van der Waals surface area contributed by atoms with E-state index in [1.165, 1.54) is 11.1 Å². The number of fused-ring (bicyclic) bond motifs is 1. The predicted octanol–water partition coefficient (Wildman–Crippen LogP) is 5.71. The van der Waals surface area contributed by atoms with E-state index in [1.807, 2.05) is 0 Å². The number of thiocarbonyl (C=S) groups is 1. The summed E-state index contributed by atoms with van der Waals surface area (Å²) < 4.78 is 6.16. The molecule has 4 heteroatoms. The van der Waals surface area contributed by atoms with Crippen molar-refractivity contribution in [2.45, 2.75) is 58.6 Å². The highest BCUT2D eigenvalue weighted by molar-refractivity contribution is 7.80. The number of anilines is 1. The molecule has 0 aliphatic carbocycles. The molecule has 1 unspecified atom stereocenters. The van der Waals surface area contributed by atoms with Gasteiger partial charge in [-0.15, -0.1) is 0 Å². The molecule has 1 aliphatic rings. The molecule has 1 aliphatic heterocycles. The van der Waals surface area contributed by atoms with Gasteiger partial charge in [0.05, 0.1) is 6.04 Å². The maximum absolute atomic E-state index is 6.16. The number of aryl methyl sites for hydroxylation is 1. The van der Waals surface area contributed by atoms with Crippen molar-refractivity contribution in [3.8, 4) is 5.75 Å². The lowest BCUT2D eigenvalue weighted by Crippen LogP contribution is -2.42. The van der Waals surface area contributed by atoms with Gasteiger partial charge in [-0.05, 0) is 68.2 Å². The summed E-state index contributed by atoms with van der Waals surface area (Å²) in [5.41, 5.74) is 4.46. The minimum absolute atomic E-state index is 0.129. The van der Waals surface area contributed by atoms with E-state index in [2.05, 4.69) is 87.7 Å². The fraction of sp³-hybridized carbons (Fsp3) is 0.409. The molecule has 2 N–H and O–H groups in total. The standard InChI is InChI=1S/C22H28N2OS/c1-14(2)16-7-9-17(10-8-16)23-21(26)24-19-13-22(4,5)25-20-12-15(3)6-11-18(19)20/h6-12,14,19H,13H2,1-5H3,(H2,23,24,26). The molecule has 26 heavy (non-hydrogen) atoms. The van der Waals surface area contributed by atoms with Crippen LogP contribution in [0.3, 0.4) is 0 Å². The molecule has 0 aromatic heterocycles. The zero-order valence-electron chi connectivity index (χ0n) is 16.2. The van der Waals surface area contributed by atoms with E-state index < -0.39 is 0 Å². The van der Waals surface area contributed by atoms with Gasteiger partial charge in [-0.2, -0.15) is 0 Å². The highest BCUT2D eigenvalue weighted by Crippen LogP contribution is 2.39. The molecule has 0 saturated carbocycles. The number of benzene rings is 2. The maximum atomic E-state index is 6.16. The van der Waals surface area contributed by atoms with Crippen LogP contribution in [0.1, 0.15) is 62.8 Å². The van der Waals surface area contributed by atoms with Gasteiger partial charge in [0.25, 0.3) is 0 Å². The van der Waals surface area contributed by atoms with Gasteiger partial charge >= 0.3 is 0 Å². The molecule has 0 saturated heterocycles. The molecule has 2 aromatic carbocycles.